The van der Waals surface area contributed by atoms with Crippen LogP contribution in [0.3, 0.4) is 0 Å². The molecule has 0 aromatic heterocycles. The van der Waals surface area contributed by atoms with Crippen molar-refractivity contribution in [3.8, 4) is 0 Å². The Morgan fingerprint density at radius 2 is 1.94 bits per heavy atom. The van der Waals surface area contributed by atoms with Crippen LogP contribution in [0.15, 0.2) is 0 Å². The van der Waals surface area contributed by atoms with Gasteiger partial charge in [0.15, 0.2) is 0 Å². The van der Waals surface area contributed by atoms with Crippen LogP contribution in [0, 0.1) is 5.92 Å². The second-order valence-corrected chi connectivity index (χ2v) is 5.82. The molecule has 1 aliphatic rings. The maximum Gasteiger partial charge on any atom is 0.223 e. The molecule has 0 heterocycles. The number of ether oxygens (including phenoxy) is 1. The summed E-state index contributed by atoms with van der Waals surface area (Å²) in [7, 11) is 1.72. The highest BCUT2D eigenvalue weighted by Gasteiger charge is 2.25. The second-order valence-electron chi connectivity index (χ2n) is 5.82. The number of rotatable bonds is 7. The van der Waals surface area contributed by atoms with Gasteiger partial charge in [-0.1, -0.05) is 33.1 Å². The van der Waals surface area contributed by atoms with Gasteiger partial charge in [-0.2, -0.15) is 0 Å². The zero-order chi connectivity index (χ0) is 13.4. The minimum atomic E-state index is 0.341. The molecule has 1 saturated carbocycles. The molecular formula is C15H29NO2. The second kappa shape index (κ2) is 8.52. The Bertz CT molecular complexity index is 235. The van der Waals surface area contributed by atoms with E-state index in [0.717, 1.165) is 19.6 Å². The van der Waals surface area contributed by atoms with Crippen LogP contribution in [0.4, 0.5) is 0 Å². The molecule has 0 saturated heterocycles. The molecule has 0 radical (unpaired) electrons. The van der Waals surface area contributed by atoms with Crippen LogP contribution in [0.2, 0.25) is 0 Å². The highest BCUT2D eigenvalue weighted by Crippen LogP contribution is 2.24. The average molecular weight is 255 g/mol. The zero-order valence-electron chi connectivity index (χ0n) is 12.3. The summed E-state index contributed by atoms with van der Waals surface area (Å²) in [6.45, 7) is 5.85. The maximum absolute atomic E-state index is 12.3. The number of carbonyl (C=O) groups excluding carboxylic acids is 1. The fraction of sp³-hybridized carbons (Fsp3) is 0.933. The SMILES string of the molecule is COCCCN(C(=O)CC(C)C)C1CCCCC1. The third kappa shape index (κ3) is 5.38. The molecule has 0 bridgehead atoms. The molecule has 1 amide bonds. The van der Waals surface area contributed by atoms with Crippen LogP contribution in [0.1, 0.15) is 58.8 Å². The van der Waals surface area contributed by atoms with E-state index in [4.69, 9.17) is 4.74 Å². The number of hydrogen-bond acceptors (Lipinski definition) is 2. The summed E-state index contributed by atoms with van der Waals surface area (Å²) in [5.41, 5.74) is 0. The molecule has 106 valence electrons. The van der Waals surface area contributed by atoms with Crippen molar-refractivity contribution in [1.29, 1.82) is 0 Å². The first-order valence-corrected chi connectivity index (χ1v) is 7.43. The van der Waals surface area contributed by atoms with Gasteiger partial charge in [-0.25, -0.2) is 0 Å². The van der Waals surface area contributed by atoms with E-state index in [1.54, 1.807) is 7.11 Å². The molecule has 3 heteroatoms. The van der Waals surface area contributed by atoms with E-state index in [2.05, 4.69) is 18.7 Å². The molecule has 0 N–H and O–H groups in total. The van der Waals surface area contributed by atoms with Crippen molar-refractivity contribution in [1.82, 2.24) is 4.90 Å². The van der Waals surface area contributed by atoms with Crippen LogP contribution >= 0.6 is 0 Å². The van der Waals surface area contributed by atoms with Crippen molar-refractivity contribution in [2.75, 3.05) is 20.3 Å². The Labute approximate surface area is 112 Å². The van der Waals surface area contributed by atoms with Gasteiger partial charge in [0.05, 0.1) is 0 Å². The van der Waals surface area contributed by atoms with Crippen LogP contribution in [0.25, 0.3) is 0 Å². The van der Waals surface area contributed by atoms with Crippen LogP contribution in [0.5, 0.6) is 0 Å². The first-order chi connectivity index (χ1) is 8.65. The molecule has 0 aliphatic heterocycles. The Morgan fingerprint density at radius 1 is 1.28 bits per heavy atom. The zero-order valence-corrected chi connectivity index (χ0v) is 12.3. The normalized spacial score (nSPS) is 17.1. The molecule has 0 spiro atoms. The number of methoxy groups -OCH3 is 1. The van der Waals surface area contributed by atoms with E-state index < -0.39 is 0 Å². The van der Waals surface area contributed by atoms with E-state index in [9.17, 15) is 4.79 Å². The van der Waals surface area contributed by atoms with Crippen LogP contribution in [-0.4, -0.2) is 37.1 Å². The lowest BCUT2D eigenvalue weighted by atomic mass is 9.93. The molecule has 3 nitrogen and oxygen atoms in total. The quantitative estimate of drug-likeness (QED) is 0.654. The number of amides is 1. The summed E-state index contributed by atoms with van der Waals surface area (Å²) < 4.78 is 5.10. The summed E-state index contributed by atoms with van der Waals surface area (Å²) >= 11 is 0. The van der Waals surface area contributed by atoms with E-state index in [1.807, 2.05) is 0 Å². The lowest BCUT2D eigenvalue weighted by Gasteiger charge is -2.35. The largest absolute Gasteiger partial charge is 0.385 e. The van der Waals surface area contributed by atoms with Gasteiger partial charge in [0.2, 0.25) is 5.91 Å². The lowest BCUT2D eigenvalue weighted by Crippen LogP contribution is -2.42. The van der Waals surface area contributed by atoms with Gasteiger partial charge < -0.3 is 9.64 Å². The monoisotopic (exact) mass is 255 g/mol. The highest BCUT2D eigenvalue weighted by molar-refractivity contribution is 5.76. The summed E-state index contributed by atoms with van der Waals surface area (Å²) in [5, 5.41) is 0. The van der Waals surface area contributed by atoms with Gasteiger partial charge >= 0.3 is 0 Å². The first-order valence-electron chi connectivity index (χ1n) is 7.43. The lowest BCUT2D eigenvalue weighted by molar-refractivity contribution is -0.135. The number of nitrogens with zero attached hydrogens (tertiary/aromatic N) is 1. The fourth-order valence-electron chi connectivity index (χ4n) is 2.75. The van der Waals surface area contributed by atoms with Gasteiger partial charge in [-0.15, -0.1) is 0 Å². The predicted molar refractivity (Wildman–Crippen MR) is 74.5 cm³/mol. The molecule has 1 aliphatic carbocycles. The summed E-state index contributed by atoms with van der Waals surface area (Å²) in [6, 6.07) is 0.488. The van der Waals surface area contributed by atoms with E-state index in [1.165, 1.54) is 32.1 Å². The van der Waals surface area contributed by atoms with Gasteiger partial charge in [-0.05, 0) is 25.2 Å². The average Bonchev–Trinajstić information content (AvgIpc) is 2.35. The standard InChI is InChI=1S/C15H29NO2/c1-13(2)12-15(17)16(10-7-11-18-3)14-8-5-4-6-9-14/h13-14H,4-12H2,1-3H3. The van der Waals surface area contributed by atoms with E-state index in [0.29, 0.717) is 24.3 Å². The third-order valence-corrected chi connectivity index (χ3v) is 3.67. The Hall–Kier alpha value is -0.570. The molecule has 18 heavy (non-hydrogen) atoms. The molecule has 0 aromatic rings. The molecule has 0 atom stereocenters. The third-order valence-electron chi connectivity index (χ3n) is 3.67. The van der Waals surface area contributed by atoms with Crippen LogP contribution in [-0.2, 0) is 9.53 Å². The summed E-state index contributed by atoms with van der Waals surface area (Å²) in [6.07, 6.45) is 7.91. The van der Waals surface area contributed by atoms with Crippen molar-refractivity contribution in [2.45, 2.75) is 64.8 Å². The first kappa shape index (κ1) is 15.5. The van der Waals surface area contributed by atoms with Crippen molar-refractivity contribution in [3.63, 3.8) is 0 Å². The van der Waals surface area contributed by atoms with Gasteiger partial charge in [0.1, 0.15) is 0 Å². The fourth-order valence-corrected chi connectivity index (χ4v) is 2.75. The minimum Gasteiger partial charge on any atom is -0.385 e. The van der Waals surface area contributed by atoms with Crippen molar-refractivity contribution in [3.05, 3.63) is 0 Å². The van der Waals surface area contributed by atoms with Gasteiger partial charge in [0, 0.05) is 32.7 Å². The predicted octanol–water partition coefficient (Wildman–Crippen LogP) is 3.23. The Kier molecular flexibility index (Phi) is 7.33. The van der Waals surface area contributed by atoms with Gasteiger partial charge in [-0.3, -0.25) is 4.79 Å². The summed E-state index contributed by atoms with van der Waals surface area (Å²) in [4.78, 5) is 14.5. The smallest absolute Gasteiger partial charge is 0.223 e. The van der Waals surface area contributed by atoms with Gasteiger partial charge in [0.25, 0.3) is 0 Å². The number of hydrogen-bond donors (Lipinski definition) is 0. The Balaban J connectivity index is 2.52. The van der Waals surface area contributed by atoms with Crippen LogP contribution < -0.4 is 0 Å². The molecule has 1 fully saturated rings. The van der Waals surface area contributed by atoms with Crippen molar-refractivity contribution in [2.24, 2.45) is 5.92 Å². The molecule has 1 rings (SSSR count). The maximum atomic E-state index is 12.3. The highest BCUT2D eigenvalue weighted by atomic mass is 16.5. The molecule has 0 aromatic carbocycles. The van der Waals surface area contributed by atoms with Crippen molar-refractivity contribution < 1.29 is 9.53 Å². The van der Waals surface area contributed by atoms with E-state index in [-0.39, 0.29) is 0 Å². The summed E-state index contributed by atoms with van der Waals surface area (Å²) in [5.74, 6) is 0.791. The topological polar surface area (TPSA) is 29.5 Å². The molecule has 0 unspecified atom stereocenters. The molecular weight excluding hydrogens is 226 g/mol. The minimum absolute atomic E-state index is 0.341. The van der Waals surface area contributed by atoms with E-state index >= 15 is 0 Å². The Morgan fingerprint density at radius 3 is 2.50 bits per heavy atom. The van der Waals surface area contributed by atoms with Crippen molar-refractivity contribution >= 4 is 5.91 Å². The number of carbonyl (C=O) groups is 1.